The van der Waals surface area contributed by atoms with Crippen LogP contribution in [0.3, 0.4) is 0 Å². The molecule has 1 aliphatic heterocycles. The van der Waals surface area contributed by atoms with Crippen molar-refractivity contribution in [3.8, 4) is 5.75 Å². The Bertz CT molecular complexity index is 509. The van der Waals surface area contributed by atoms with Gasteiger partial charge in [-0.05, 0) is 43.9 Å². The SMILES string of the molecule is C=CCCO[C@@H](C)C(=O)NCc1ccc(OC[C@H]2CCCO2)cc1. The summed E-state index contributed by atoms with van der Waals surface area (Å²) in [4.78, 5) is 11.9. The average Bonchev–Trinajstić information content (AvgIpc) is 3.12. The number of ether oxygens (including phenoxy) is 3. The summed E-state index contributed by atoms with van der Waals surface area (Å²) in [5, 5.41) is 2.87. The minimum Gasteiger partial charge on any atom is -0.491 e. The number of amides is 1. The molecule has 1 fully saturated rings. The van der Waals surface area contributed by atoms with E-state index in [4.69, 9.17) is 14.2 Å². The maximum atomic E-state index is 11.9. The smallest absolute Gasteiger partial charge is 0.249 e. The zero-order chi connectivity index (χ0) is 17.2. The Morgan fingerprint density at radius 3 is 2.92 bits per heavy atom. The van der Waals surface area contributed by atoms with Gasteiger partial charge in [0.15, 0.2) is 0 Å². The molecule has 5 heteroatoms. The first-order valence-corrected chi connectivity index (χ1v) is 8.52. The number of hydrogen-bond acceptors (Lipinski definition) is 4. The second-order valence-electron chi connectivity index (χ2n) is 5.90. The minimum absolute atomic E-state index is 0.113. The van der Waals surface area contributed by atoms with Gasteiger partial charge >= 0.3 is 0 Å². The van der Waals surface area contributed by atoms with Gasteiger partial charge in [-0.2, -0.15) is 0 Å². The highest BCUT2D eigenvalue weighted by Crippen LogP contribution is 2.16. The molecule has 0 radical (unpaired) electrons. The topological polar surface area (TPSA) is 56.8 Å². The fourth-order valence-electron chi connectivity index (χ4n) is 2.41. The van der Waals surface area contributed by atoms with Gasteiger partial charge in [0, 0.05) is 13.2 Å². The third-order valence-corrected chi connectivity index (χ3v) is 3.91. The van der Waals surface area contributed by atoms with Gasteiger partial charge in [-0.15, -0.1) is 6.58 Å². The largest absolute Gasteiger partial charge is 0.491 e. The Morgan fingerprint density at radius 2 is 2.25 bits per heavy atom. The second-order valence-corrected chi connectivity index (χ2v) is 5.90. The maximum absolute atomic E-state index is 11.9. The third-order valence-electron chi connectivity index (χ3n) is 3.91. The van der Waals surface area contributed by atoms with Crippen LogP contribution in [-0.4, -0.2) is 37.9 Å². The van der Waals surface area contributed by atoms with Crippen LogP contribution in [0.2, 0.25) is 0 Å². The van der Waals surface area contributed by atoms with Crippen molar-refractivity contribution in [2.24, 2.45) is 0 Å². The van der Waals surface area contributed by atoms with Crippen LogP contribution in [0.1, 0.15) is 31.7 Å². The van der Waals surface area contributed by atoms with E-state index >= 15 is 0 Å². The summed E-state index contributed by atoms with van der Waals surface area (Å²) in [6.07, 6.45) is 4.45. The molecular formula is C19H27NO4. The van der Waals surface area contributed by atoms with Crippen molar-refractivity contribution in [2.75, 3.05) is 19.8 Å². The third kappa shape index (κ3) is 6.34. The van der Waals surface area contributed by atoms with Gasteiger partial charge in [0.25, 0.3) is 0 Å². The fraction of sp³-hybridized carbons (Fsp3) is 0.526. The molecule has 0 spiro atoms. The van der Waals surface area contributed by atoms with Crippen molar-refractivity contribution in [2.45, 2.75) is 44.9 Å². The molecule has 2 atom stereocenters. The molecule has 1 aromatic carbocycles. The van der Waals surface area contributed by atoms with Gasteiger partial charge in [-0.3, -0.25) is 4.79 Å². The van der Waals surface area contributed by atoms with Crippen LogP contribution in [0, 0.1) is 0 Å². The lowest BCUT2D eigenvalue weighted by Crippen LogP contribution is -2.34. The molecule has 132 valence electrons. The first kappa shape index (κ1) is 18.5. The Morgan fingerprint density at radius 1 is 1.46 bits per heavy atom. The second kappa shape index (κ2) is 10.1. The fourth-order valence-corrected chi connectivity index (χ4v) is 2.41. The molecule has 0 aliphatic carbocycles. The van der Waals surface area contributed by atoms with Gasteiger partial charge in [0.1, 0.15) is 18.5 Å². The maximum Gasteiger partial charge on any atom is 0.249 e. The van der Waals surface area contributed by atoms with Crippen LogP contribution in [0.25, 0.3) is 0 Å². The van der Waals surface area contributed by atoms with Gasteiger partial charge in [-0.1, -0.05) is 18.2 Å². The molecule has 1 amide bonds. The van der Waals surface area contributed by atoms with E-state index in [9.17, 15) is 4.79 Å². The van der Waals surface area contributed by atoms with Crippen LogP contribution in [-0.2, 0) is 20.8 Å². The Labute approximate surface area is 144 Å². The highest BCUT2D eigenvalue weighted by molar-refractivity contribution is 5.80. The Hall–Kier alpha value is -1.85. The highest BCUT2D eigenvalue weighted by atomic mass is 16.5. The van der Waals surface area contributed by atoms with Gasteiger partial charge in [0.2, 0.25) is 5.91 Å². The highest BCUT2D eigenvalue weighted by Gasteiger charge is 2.16. The molecule has 1 aliphatic rings. The number of carbonyl (C=O) groups is 1. The van der Waals surface area contributed by atoms with Crippen molar-refractivity contribution in [1.29, 1.82) is 0 Å². The lowest BCUT2D eigenvalue weighted by Gasteiger charge is -2.14. The van der Waals surface area contributed by atoms with Crippen LogP contribution in [0.4, 0.5) is 0 Å². The molecule has 0 aromatic heterocycles. The average molecular weight is 333 g/mol. The van der Waals surface area contributed by atoms with Crippen molar-refractivity contribution >= 4 is 5.91 Å². The summed E-state index contributed by atoms with van der Waals surface area (Å²) in [5.41, 5.74) is 1.02. The van der Waals surface area contributed by atoms with E-state index in [-0.39, 0.29) is 12.0 Å². The molecule has 24 heavy (non-hydrogen) atoms. The van der Waals surface area contributed by atoms with Crippen LogP contribution in [0.5, 0.6) is 5.75 Å². The molecule has 1 saturated heterocycles. The van der Waals surface area contributed by atoms with Crippen molar-refractivity contribution in [3.05, 3.63) is 42.5 Å². The van der Waals surface area contributed by atoms with E-state index in [0.717, 1.165) is 37.2 Å². The van der Waals surface area contributed by atoms with E-state index in [1.54, 1.807) is 13.0 Å². The molecule has 1 aromatic rings. The number of hydrogen-bond donors (Lipinski definition) is 1. The Balaban J connectivity index is 1.68. The monoisotopic (exact) mass is 333 g/mol. The molecule has 0 unspecified atom stereocenters. The number of carbonyl (C=O) groups excluding carboxylic acids is 1. The van der Waals surface area contributed by atoms with E-state index < -0.39 is 6.10 Å². The Kier molecular flexibility index (Phi) is 7.79. The zero-order valence-corrected chi connectivity index (χ0v) is 14.3. The summed E-state index contributed by atoms with van der Waals surface area (Å²) in [7, 11) is 0. The van der Waals surface area contributed by atoms with Crippen molar-refractivity contribution in [1.82, 2.24) is 5.32 Å². The molecule has 1 heterocycles. The quantitative estimate of drug-likeness (QED) is 0.528. The molecular weight excluding hydrogens is 306 g/mol. The molecule has 5 nitrogen and oxygen atoms in total. The summed E-state index contributed by atoms with van der Waals surface area (Å²) in [5.74, 6) is 0.708. The van der Waals surface area contributed by atoms with Crippen molar-refractivity contribution < 1.29 is 19.0 Å². The summed E-state index contributed by atoms with van der Waals surface area (Å²) in [6.45, 7) is 7.78. The first-order valence-electron chi connectivity index (χ1n) is 8.52. The van der Waals surface area contributed by atoms with E-state index in [1.165, 1.54) is 0 Å². The first-order chi connectivity index (χ1) is 11.7. The van der Waals surface area contributed by atoms with Crippen LogP contribution < -0.4 is 10.1 Å². The molecule has 0 bridgehead atoms. The predicted octanol–water partition coefficient (Wildman–Crippen LogP) is 2.84. The molecule has 2 rings (SSSR count). The van der Waals surface area contributed by atoms with E-state index in [0.29, 0.717) is 19.8 Å². The summed E-state index contributed by atoms with van der Waals surface area (Å²) >= 11 is 0. The number of rotatable bonds is 10. The van der Waals surface area contributed by atoms with Gasteiger partial charge < -0.3 is 19.5 Å². The molecule has 1 N–H and O–H groups in total. The minimum atomic E-state index is -0.459. The van der Waals surface area contributed by atoms with Gasteiger partial charge in [-0.25, -0.2) is 0 Å². The lowest BCUT2D eigenvalue weighted by atomic mass is 10.2. The predicted molar refractivity (Wildman–Crippen MR) is 93.0 cm³/mol. The van der Waals surface area contributed by atoms with Crippen LogP contribution >= 0.6 is 0 Å². The summed E-state index contributed by atoms with van der Waals surface area (Å²) in [6, 6.07) is 7.74. The summed E-state index contributed by atoms with van der Waals surface area (Å²) < 4.78 is 16.7. The standard InChI is InChI=1S/C19H27NO4/c1-3-4-11-22-15(2)19(21)20-13-16-7-9-17(10-8-16)24-14-18-6-5-12-23-18/h3,7-10,15,18H,1,4-6,11-14H2,2H3,(H,20,21)/t15-,18+/m0/s1. The lowest BCUT2D eigenvalue weighted by molar-refractivity contribution is -0.131. The zero-order valence-electron chi connectivity index (χ0n) is 14.3. The molecule has 0 saturated carbocycles. The van der Waals surface area contributed by atoms with E-state index in [2.05, 4.69) is 11.9 Å². The van der Waals surface area contributed by atoms with Gasteiger partial charge in [0.05, 0.1) is 12.7 Å². The number of nitrogens with one attached hydrogen (secondary N) is 1. The van der Waals surface area contributed by atoms with E-state index in [1.807, 2.05) is 24.3 Å². The van der Waals surface area contributed by atoms with Crippen molar-refractivity contribution in [3.63, 3.8) is 0 Å². The number of benzene rings is 1. The van der Waals surface area contributed by atoms with Crippen LogP contribution in [0.15, 0.2) is 36.9 Å². The normalized spacial score (nSPS) is 18.1.